The van der Waals surface area contributed by atoms with Gasteiger partial charge in [-0.2, -0.15) is 0 Å². The number of rotatable bonds is 4. The molecule has 0 spiro atoms. The van der Waals surface area contributed by atoms with E-state index in [1.54, 1.807) is 0 Å². The monoisotopic (exact) mass is 295 g/mol. The summed E-state index contributed by atoms with van der Waals surface area (Å²) in [6, 6.07) is 17.4. The molecule has 2 heteroatoms. The van der Waals surface area contributed by atoms with Crippen molar-refractivity contribution in [2.24, 2.45) is 0 Å². The Morgan fingerprint density at radius 3 is 2.68 bits per heavy atom. The van der Waals surface area contributed by atoms with E-state index in [0.717, 1.165) is 13.0 Å². The molecule has 0 bridgehead atoms. The molecule has 1 saturated heterocycles. The van der Waals surface area contributed by atoms with Gasteiger partial charge in [0.2, 0.25) is 0 Å². The molecule has 2 nitrogen and oxygen atoms in total. The smallest absolute Gasteiger partial charge is 0.0774 e. The second kappa shape index (κ2) is 7.08. The molecule has 1 heterocycles. The summed E-state index contributed by atoms with van der Waals surface area (Å²) in [6.07, 6.45) is 2.55. The molecular weight excluding hydrogens is 270 g/mol. The van der Waals surface area contributed by atoms with Gasteiger partial charge in [0, 0.05) is 0 Å². The summed E-state index contributed by atoms with van der Waals surface area (Å²) < 4.78 is 6.31. The average molecular weight is 295 g/mol. The van der Waals surface area contributed by atoms with Gasteiger partial charge < -0.3 is 10.1 Å². The van der Waals surface area contributed by atoms with Crippen molar-refractivity contribution < 1.29 is 4.74 Å². The number of hydrogen-bond acceptors (Lipinski definition) is 2. The molecule has 0 aliphatic carbocycles. The second-order valence-electron chi connectivity index (χ2n) is 6.19. The Kier molecular flexibility index (Phi) is 4.91. The SMILES string of the molecule is Cc1cccc(CO[C@H]2CCCN[C@H]2c2ccccc2)c1C. The van der Waals surface area contributed by atoms with Crippen LogP contribution in [0, 0.1) is 13.8 Å². The van der Waals surface area contributed by atoms with Gasteiger partial charge in [-0.1, -0.05) is 48.5 Å². The molecule has 3 rings (SSSR count). The average Bonchev–Trinajstić information content (AvgIpc) is 2.57. The van der Waals surface area contributed by atoms with Crippen molar-refractivity contribution in [2.75, 3.05) is 6.54 Å². The maximum atomic E-state index is 6.31. The summed E-state index contributed by atoms with van der Waals surface area (Å²) in [4.78, 5) is 0. The summed E-state index contributed by atoms with van der Waals surface area (Å²) in [6.45, 7) is 6.11. The van der Waals surface area contributed by atoms with E-state index in [1.807, 2.05) is 0 Å². The fourth-order valence-electron chi connectivity index (χ4n) is 3.20. The van der Waals surface area contributed by atoms with Gasteiger partial charge in [0.05, 0.1) is 18.8 Å². The van der Waals surface area contributed by atoms with Gasteiger partial charge in [-0.15, -0.1) is 0 Å². The number of hydrogen-bond donors (Lipinski definition) is 1. The standard InChI is InChI=1S/C20H25NO/c1-15-8-6-11-18(16(15)2)14-22-19-12-7-13-21-20(19)17-9-4-3-5-10-17/h3-6,8-11,19-21H,7,12-14H2,1-2H3/t19-,20-/m0/s1. The number of aryl methyl sites for hydroxylation is 1. The number of nitrogens with one attached hydrogen (secondary N) is 1. The first-order chi connectivity index (χ1) is 10.8. The van der Waals surface area contributed by atoms with Crippen LogP contribution in [0.5, 0.6) is 0 Å². The lowest BCUT2D eigenvalue weighted by Crippen LogP contribution is -2.39. The summed E-state index contributed by atoms with van der Waals surface area (Å²) in [5.74, 6) is 0. The minimum absolute atomic E-state index is 0.246. The fraction of sp³-hybridized carbons (Fsp3) is 0.400. The van der Waals surface area contributed by atoms with Gasteiger partial charge in [0.15, 0.2) is 0 Å². The van der Waals surface area contributed by atoms with E-state index in [4.69, 9.17) is 4.74 Å². The molecule has 0 radical (unpaired) electrons. The van der Waals surface area contributed by atoms with Gasteiger partial charge in [0.25, 0.3) is 0 Å². The zero-order valence-corrected chi connectivity index (χ0v) is 13.5. The van der Waals surface area contributed by atoms with Crippen LogP contribution in [0.4, 0.5) is 0 Å². The third kappa shape index (κ3) is 3.40. The predicted octanol–water partition coefficient (Wildman–Crippen LogP) is 4.31. The summed E-state index contributed by atoms with van der Waals surface area (Å²) in [5, 5.41) is 3.62. The molecule has 1 aliphatic rings. The summed E-state index contributed by atoms with van der Waals surface area (Å²) in [7, 11) is 0. The number of piperidine rings is 1. The Hall–Kier alpha value is -1.64. The molecule has 0 amide bonds. The Morgan fingerprint density at radius 1 is 1.05 bits per heavy atom. The van der Waals surface area contributed by atoms with Crippen LogP contribution in [0.1, 0.15) is 41.1 Å². The topological polar surface area (TPSA) is 21.3 Å². The van der Waals surface area contributed by atoms with Crippen molar-refractivity contribution in [3.63, 3.8) is 0 Å². The van der Waals surface area contributed by atoms with E-state index in [-0.39, 0.29) is 6.10 Å². The molecule has 116 valence electrons. The third-order valence-corrected chi connectivity index (χ3v) is 4.73. The van der Waals surface area contributed by atoms with Gasteiger partial charge in [-0.3, -0.25) is 0 Å². The highest BCUT2D eigenvalue weighted by molar-refractivity contribution is 5.32. The van der Waals surface area contributed by atoms with E-state index in [2.05, 4.69) is 67.7 Å². The molecule has 1 fully saturated rings. The Labute approximate surface area is 133 Å². The third-order valence-electron chi connectivity index (χ3n) is 4.73. The van der Waals surface area contributed by atoms with Crippen LogP contribution < -0.4 is 5.32 Å². The highest BCUT2D eigenvalue weighted by Gasteiger charge is 2.26. The van der Waals surface area contributed by atoms with Crippen molar-refractivity contribution in [1.29, 1.82) is 0 Å². The van der Waals surface area contributed by atoms with Crippen molar-refractivity contribution in [1.82, 2.24) is 5.32 Å². The first kappa shape index (κ1) is 15.3. The molecule has 22 heavy (non-hydrogen) atoms. The Bertz CT molecular complexity index is 608. The van der Waals surface area contributed by atoms with Crippen molar-refractivity contribution in [3.05, 3.63) is 70.8 Å². The first-order valence-electron chi connectivity index (χ1n) is 8.21. The molecule has 2 atom stereocenters. The van der Waals surface area contributed by atoms with E-state index in [1.165, 1.54) is 28.7 Å². The molecule has 2 aromatic rings. The summed E-state index contributed by atoms with van der Waals surface area (Å²) in [5.41, 5.74) is 5.32. The van der Waals surface area contributed by atoms with E-state index < -0.39 is 0 Å². The van der Waals surface area contributed by atoms with Crippen LogP contribution in [0.25, 0.3) is 0 Å². The van der Waals surface area contributed by atoms with E-state index in [0.29, 0.717) is 12.6 Å². The Balaban J connectivity index is 1.71. The Morgan fingerprint density at radius 2 is 1.86 bits per heavy atom. The molecule has 1 N–H and O–H groups in total. The lowest BCUT2D eigenvalue weighted by molar-refractivity contribution is -0.00378. The van der Waals surface area contributed by atoms with E-state index in [9.17, 15) is 0 Å². The van der Waals surface area contributed by atoms with E-state index >= 15 is 0 Å². The maximum Gasteiger partial charge on any atom is 0.0774 e. The predicted molar refractivity (Wildman–Crippen MR) is 90.9 cm³/mol. The largest absolute Gasteiger partial charge is 0.372 e. The van der Waals surface area contributed by atoms with Crippen LogP contribution >= 0.6 is 0 Å². The highest BCUT2D eigenvalue weighted by Crippen LogP contribution is 2.27. The van der Waals surface area contributed by atoms with Gasteiger partial charge in [0.1, 0.15) is 0 Å². The highest BCUT2D eigenvalue weighted by atomic mass is 16.5. The van der Waals surface area contributed by atoms with Gasteiger partial charge >= 0.3 is 0 Å². The van der Waals surface area contributed by atoms with Gasteiger partial charge in [-0.05, 0) is 55.5 Å². The van der Waals surface area contributed by atoms with Crippen molar-refractivity contribution in [3.8, 4) is 0 Å². The molecule has 1 aliphatic heterocycles. The molecule has 0 aromatic heterocycles. The summed E-state index contributed by atoms with van der Waals surface area (Å²) >= 11 is 0. The second-order valence-corrected chi connectivity index (χ2v) is 6.19. The van der Waals surface area contributed by atoms with Crippen LogP contribution in [-0.4, -0.2) is 12.6 Å². The van der Waals surface area contributed by atoms with Crippen LogP contribution in [0.2, 0.25) is 0 Å². The van der Waals surface area contributed by atoms with Crippen LogP contribution in [0.3, 0.4) is 0 Å². The quantitative estimate of drug-likeness (QED) is 0.907. The molecule has 0 unspecified atom stereocenters. The van der Waals surface area contributed by atoms with Crippen LogP contribution in [0.15, 0.2) is 48.5 Å². The minimum Gasteiger partial charge on any atom is -0.372 e. The molecular formula is C20H25NO. The minimum atomic E-state index is 0.246. The lowest BCUT2D eigenvalue weighted by Gasteiger charge is -2.33. The van der Waals surface area contributed by atoms with Gasteiger partial charge in [-0.25, -0.2) is 0 Å². The molecule has 0 saturated carbocycles. The number of ether oxygens (including phenoxy) is 1. The first-order valence-corrected chi connectivity index (χ1v) is 8.21. The molecule has 2 aromatic carbocycles. The van der Waals surface area contributed by atoms with Crippen molar-refractivity contribution in [2.45, 2.75) is 45.4 Å². The van der Waals surface area contributed by atoms with Crippen molar-refractivity contribution >= 4 is 0 Å². The number of benzene rings is 2. The lowest BCUT2D eigenvalue weighted by atomic mass is 9.94. The fourth-order valence-corrected chi connectivity index (χ4v) is 3.20. The normalized spacial score (nSPS) is 21.7. The zero-order chi connectivity index (χ0) is 15.4. The van der Waals surface area contributed by atoms with Crippen LogP contribution in [-0.2, 0) is 11.3 Å². The zero-order valence-electron chi connectivity index (χ0n) is 13.5. The maximum absolute atomic E-state index is 6.31.